The lowest BCUT2D eigenvalue weighted by Gasteiger charge is -2.35. The number of rotatable bonds is 6. The van der Waals surface area contributed by atoms with Crippen molar-refractivity contribution in [3.8, 4) is 11.1 Å². The molecular weight excluding hydrogens is 460 g/mol. The molecule has 2 aromatic heterocycles. The van der Waals surface area contributed by atoms with Gasteiger partial charge in [-0.3, -0.25) is 14.8 Å². The third-order valence-corrected chi connectivity index (χ3v) is 6.75. The molecule has 7 heteroatoms. The molecule has 1 fully saturated rings. The number of ketones is 1. The molecule has 0 radical (unpaired) electrons. The fourth-order valence-electron chi connectivity index (χ4n) is 4.68. The van der Waals surface area contributed by atoms with E-state index in [2.05, 4.69) is 49.0 Å². The molecule has 3 aromatic carbocycles. The van der Waals surface area contributed by atoms with Gasteiger partial charge < -0.3 is 9.80 Å². The topological polar surface area (TPSA) is 75.1 Å². The first-order valence-electron chi connectivity index (χ1n) is 12.4. The molecule has 0 amide bonds. The van der Waals surface area contributed by atoms with Crippen LogP contribution in [0.25, 0.3) is 22.2 Å². The molecule has 1 aliphatic rings. The zero-order valence-electron chi connectivity index (χ0n) is 20.4. The van der Waals surface area contributed by atoms with Crippen molar-refractivity contribution >= 4 is 28.5 Å². The molecule has 1 aliphatic heterocycles. The van der Waals surface area contributed by atoms with Gasteiger partial charge in [0.1, 0.15) is 11.6 Å². The summed E-state index contributed by atoms with van der Waals surface area (Å²) in [6, 6.07) is 23.8. The fraction of sp³-hybridized carbons (Fsp3) is 0.167. The van der Waals surface area contributed by atoms with Crippen LogP contribution in [0, 0.1) is 0 Å². The highest BCUT2D eigenvalue weighted by Crippen LogP contribution is 2.25. The summed E-state index contributed by atoms with van der Waals surface area (Å²) in [6.45, 7) is 3.41. The van der Waals surface area contributed by atoms with Crippen molar-refractivity contribution in [3.05, 3.63) is 109 Å². The maximum atomic E-state index is 12.5. The SMILES string of the molecule is O=C(Cc1ccc(-c2ccc3ncc(N4CCN(c5cnccn5)CC4)nc3c2)cc1)c1ccccc1. The van der Waals surface area contributed by atoms with Crippen LogP contribution in [0.2, 0.25) is 0 Å². The maximum absolute atomic E-state index is 12.5. The Morgan fingerprint density at radius 2 is 1.43 bits per heavy atom. The summed E-state index contributed by atoms with van der Waals surface area (Å²) in [6.07, 6.45) is 7.48. The smallest absolute Gasteiger partial charge is 0.167 e. The highest BCUT2D eigenvalue weighted by molar-refractivity contribution is 5.97. The van der Waals surface area contributed by atoms with E-state index in [1.165, 1.54) is 0 Å². The highest BCUT2D eigenvalue weighted by Gasteiger charge is 2.20. The zero-order chi connectivity index (χ0) is 25.0. The average Bonchev–Trinajstić information content (AvgIpc) is 2.98. The van der Waals surface area contributed by atoms with Crippen molar-refractivity contribution in [2.24, 2.45) is 0 Å². The summed E-state index contributed by atoms with van der Waals surface area (Å²) >= 11 is 0. The van der Waals surface area contributed by atoms with Crippen LogP contribution in [0.5, 0.6) is 0 Å². The van der Waals surface area contributed by atoms with Gasteiger partial charge in [-0.2, -0.15) is 0 Å². The predicted molar refractivity (Wildman–Crippen MR) is 146 cm³/mol. The Morgan fingerprint density at radius 3 is 2.16 bits per heavy atom. The Balaban J connectivity index is 1.16. The minimum absolute atomic E-state index is 0.124. The molecule has 1 saturated heterocycles. The lowest BCUT2D eigenvalue weighted by atomic mass is 9.99. The van der Waals surface area contributed by atoms with Gasteiger partial charge in [0.2, 0.25) is 0 Å². The molecule has 0 unspecified atom stereocenters. The van der Waals surface area contributed by atoms with Gasteiger partial charge in [-0.15, -0.1) is 0 Å². The summed E-state index contributed by atoms with van der Waals surface area (Å²) in [5.41, 5.74) is 5.65. The van der Waals surface area contributed by atoms with Crippen molar-refractivity contribution < 1.29 is 4.79 Å². The van der Waals surface area contributed by atoms with Gasteiger partial charge in [0.05, 0.1) is 23.4 Å². The van der Waals surface area contributed by atoms with E-state index in [0.717, 1.165) is 71.1 Å². The number of anilines is 2. The summed E-state index contributed by atoms with van der Waals surface area (Å²) in [5.74, 6) is 1.92. The Hall–Kier alpha value is -4.65. The monoisotopic (exact) mass is 486 g/mol. The third kappa shape index (κ3) is 5.02. The molecule has 0 spiro atoms. The molecule has 37 heavy (non-hydrogen) atoms. The fourth-order valence-corrected chi connectivity index (χ4v) is 4.68. The van der Waals surface area contributed by atoms with Crippen LogP contribution in [0.15, 0.2) is 97.6 Å². The van der Waals surface area contributed by atoms with Crippen LogP contribution in [-0.2, 0) is 6.42 Å². The first-order chi connectivity index (χ1) is 18.2. The van der Waals surface area contributed by atoms with Crippen LogP contribution in [0.1, 0.15) is 15.9 Å². The number of benzene rings is 3. The van der Waals surface area contributed by atoms with Gasteiger partial charge >= 0.3 is 0 Å². The van der Waals surface area contributed by atoms with Crippen LogP contribution < -0.4 is 9.80 Å². The number of carbonyl (C=O) groups excluding carboxylic acids is 1. The Kier molecular flexibility index (Phi) is 6.25. The van der Waals surface area contributed by atoms with Crippen LogP contribution >= 0.6 is 0 Å². The van der Waals surface area contributed by atoms with Crippen LogP contribution in [0.3, 0.4) is 0 Å². The van der Waals surface area contributed by atoms with Crippen molar-refractivity contribution in [1.29, 1.82) is 0 Å². The third-order valence-electron chi connectivity index (χ3n) is 6.75. The van der Waals surface area contributed by atoms with Gasteiger partial charge in [0, 0.05) is 50.6 Å². The number of hydrogen-bond acceptors (Lipinski definition) is 7. The molecule has 0 atom stereocenters. The van der Waals surface area contributed by atoms with E-state index in [-0.39, 0.29) is 5.78 Å². The normalized spacial score (nSPS) is 13.6. The molecular formula is C30H26N6O. The van der Waals surface area contributed by atoms with Crippen molar-refractivity contribution in [1.82, 2.24) is 19.9 Å². The van der Waals surface area contributed by atoms with E-state index in [1.54, 1.807) is 18.6 Å². The van der Waals surface area contributed by atoms with E-state index < -0.39 is 0 Å². The average molecular weight is 487 g/mol. The summed E-state index contributed by atoms with van der Waals surface area (Å²) < 4.78 is 0. The van der Waals surface area contributed by atoms with Gasteiger partial charge in [0.15, 0.2) is 5.78 Å². The maximum Gasteiger partial charge on any atom is 0.167 e. The molecule has 5 aromatic rings. The van der Waals surface area contributed by atoms with Crippen LogP contribution in [0.4, 0.5) is 11.6 Å². The predicted octanol–water partition coefficient (Wildman–Crippen LogP) is 4.84. The molecule has 0 bridgehead atoms. The molecule has 3 heterocycles. The first-order valence-corrected chi connectivity index (χ1v) is 12.4. The molecule has 182 valence electrons. The number of hydrogen-bond donors (Lipinski definition) is 0. The lowest BCUT2D eigenvalue weighted by Crippen LogP contribution is -2.47. The van der Waals surface area contributed by atoms with E-state index in [4.69, 9.17) is 4.98 Å². The second kappa shape index (κ2) is 10.1. The molecule has 7 nitrogen and oxygen atoms in total. The minimum atomic E-state index is 0.124. The van der Waals surface area contributed by atoms with Gasteiger partial charge in [-0.25, -0.2) is 9.97 Å². The zero-order valence-corrected chi connectivity index (χ0v) is 20.4. The number of carbonyl (C=O) groups is 1. The molecule has 0 saturated carbocycles. The Labute approximate surface area is 215 Å². The highest BCUT2D eigenvalue weighted by atomic mass is 16.1. The quantitative estimate of drug-likeness (QED) is 0.318. The van der Waals surface area contributed by atoms with Gasteiger partial charge in [-0.05, 0) is 28.8 Å². The number of aromatic nitrogens is 4. The lowest BCUT2D eigenvalue weighted by molar-refractivity contribution is 0.0993. The van der Waals surface area contributed by atoms with Crippen molar-refractivity contribution in [2.45, 2.75) is 6.42 Å². The van der Waals surface area contributed by atoms with Gasteiger partial charge in [0.25, 0.3) is 0 Å². The summed E-state index contributed by atoms with van der Waals surface area (Å²) in [4.78, 5) is 35.3. The summed E-state index contributed by atoms with van der Waals surface area (Å²) in [7, 11) is 0. The number of piperazine rings is 1. The number of nitrogens with zero attached hydrogens (tertiary/aromatic N) is 6. The summed E-state index contributed by atoms with van der Waals surface area (Å²) in [5, 5.41) is 0. The van der Waals surface area contributed by atoms with E-state index in [9.17, 15) is 4.79 Å². The van der Waals surface area contributed by atoms with Gasteiger partial charge in [-0.1, -0.05) is 60.7 Å². The Morgan fingerprint density at radius 1 is 0.703 bits per heavy atom. The standard InChI is InChI=1S/C30H26N6O/c37-28(24-4-2-1-3-5-24)18-22-6-8-23(9-7-22)25-10-11-26-27(19-25)34-30(21-33-26)36-16-14-35(15-17-36)29-20-31-12-13-32-29/h1-13,19-21H,14-18H2. The largest absolute Gasteiger partial charge is 0.352 e. The van der Waals surface area contributed by atoms with E-state index >= 15 is 0 Å². The van der Waals surface area contributed by atoms with E-state index in [1.807, 2.05) is 54.7 Å². The Bertz CT molecular complexity index is 1520. The number of fused-ring (bicyclic) bond motifs is 1. The first kappa shape index (κ1) is 22.8. The minimum Gasteiger partial charge on any atom is -0.352 e. The van der Waals surface area contributed by atoms with Crippen molar-refractivity contribution in [3.63, 3.8) is 0 Å². The number of Topliss-reactive ketones (excluding diaryl/α,β-unsaturated/α-hetero) is 1. The molecule has 0 aliphatic carbocycles. The second-order valence-electron chi connectivity index (χ2n) is 9.13. The second-order valence-corrected chi connectivity index (χ2v) is 9.13. The molecule has 6 rings (SSSR count). The van der Waals surface area contributed by atoms with E-state index in [0.29, 0.717) is 6.42 Å². The van der Waals surface area contributed by atoms with Crippen molar-refractivity contribution in [2.75, 3.05) is 36.0 Å². The van der Waals surface area contributed by atoms with Crippen LogP contribution in [-0.4, -0.2) is 51.9 Å². The molecule has 0 N–H and O–H groups in total.